The molecule has 0 saturated heterocycles. The highest BCUT2D eigenvalue weighted by atomic mass is 16.5. The predicted octanol–water partition coefficient (Wildman–Crippen LogP) is 2.80. The molecule has 1 N–H and O–H groups in total. The summed E-state index contributed by atoms with van der Waals surface area (Å²) in [4.78, 5) is 41.4. The summed E-state index contributed by atoms with van der Waals surface area (Å²) >= 11 is 0. The summed E-state index contributed by atoms with van der Waals surface area (Å²) in [6, 6.07) is 16.9. The van der Waals surface area contributed by atoms with Gasteiger partial charge in [-0.3, -0.25) is 24.3 Å². The molecule has 1 amide bonds. The van der Waals surface area contributed by atoms with Gasteiger partial charge in [-0.15, -0.1) is 0 Å². The maximum Gasteiger partial charge on any atom is 0.331 e. The summed E-state index contributed by atoms with van der Waals surface area (Å²) in [6.45, 7) is 3.52. The molecular weight excluding hydrogens is 396 g/mol. The molecule has 8 heteroatoms. The van der Waals surface area contributed by atoms with Gasteiger partial charge in [0, 0.05) is 17.0 Å². The van der Waals surface area contributed by atoms with Crippen LogP contribution in [0.4, 0.5) is 0 Å². The fraction of sp³-hybridized carbons (Fsp3) is 0.130. The maximum absolute atomic E-state index is 12.5. The van der Waals surface area contributed by atoms with Gasteiger partial charge in [0.1, 0.15) is 12.3 Å². The summed E-state index contributed by atoms with van der Waals surface area (Å²) in [5.74, 6) is -0.624. The van der Waals surface area contributed by atoms with Crippen LogP contribution in [0.15, 0.2) is 71.8 Å². The van der Waals surface area contributed by atoms with Crippen LogP contribution in [0.3, 0.4) is 0 Å². The number of nitrogens with zero attached hydrogens (tertiary/aromatic N) is 3. The minimum Gasteiger partial charge on any atom is -0.425 e. The number of aryl methyl sites for hydroxylation is 2. The molecule has 0 unspecified atom stereocenters. The first-order chi connectivity index (χ1) is 14.9. The van der Waals surface area contributed by atoms with Gasteiger partial charge in [0.15, 0.2) is 0 Å². The third kappa shape index (κ3) is 4.23. The maximum atomic E-state index is 12.5. The number of para-hydroxylation sites is 1. The van der Waals surface area contributed by atoms with Crippen molar-refractivity contribution in [3.8, 4) is 5.75 Å². The fourth-order valence-electron chi connectivity index (χ4n) is 3.21. The average Bonchev–Trinajstić information content (AvgIpc) is 3.08. The number of carbonyl (C=O) groups is 2. The number of nitrogens with one attached hydrogen (secondary N) is 1. The molecule has 0 aliphatic carbocycles. The second-order valence-electron chi connectivity index (χ2n) is 7.09. The third-order valence-corrected chi connectivity index (χ3v) is 4.86. The van der Waals surface area contributed by atoms with Crippen molar-refractivity contribution in [3.05, 3.63) is 94.3 Å². The number of rotatable bonds is 5. The van der Waals surface area contributed by atoms with Crippen molar-refractivity contribution in [2.24, 2.45) is 0 Å². The number of aromatic nitrogens is 3. The van der Waals surface area contributed by atoms with Crippen LogP contribution in [0.25, 0.3) is 10.9 Å². The van der Waals surface area contributed by atoms with E-state index in [4.69, 9.17) is 4.74 Å². The molecule has 4 rings (SSSR count). The first-order valence-corrected chi connectivity index (χ1v) is 9.63. The molecule has 4 aromatic rings. The molecule has 0 saturated carbocycles. The van der Waals surface area contributed by atoms with Crippen LogP contribution < -0.4 is 15.7 Å². The second kappa shape index (κ2) is 8.27. The largest absolute Gasteiger partial charge is 0.425 e. The Kier molecular flexibility index (Phi) is 5.36. The van der Waals surface area contributed by atoms with Gasteiger partial charge in [-0.25, -0.2) is 9.78 Å². The molecule has 156 valence electrons. The first-order valence-electron chi connectivity index (χ1n) is 9.63. The van der Waals surface area contributed by atoms with E-state index in [1.165, 1.54) is 23.0 Å². The highest BCUT2D eigenvalue weighted by molar-refractivity contribution is 6.00. The van der Waals surface area contributed by atoms with Crippen LogP contribution in [0.1, 0.15) is 21.7 Å². The van der Waals surface area contributed by atoms with E-state index in [0.717, 1.165) is 11.4 Å². The van der Waals surface area contributed by atoms with Crippen molar-refractivity contribution in [3.63, 3.8) is 0 Å². The molecule has 0 fully saturated rings. The molecule has 0 radical (unpaired) electrons. The monoisotopic (exact) mass is 416 g/mol. The van der Waals surface area contributed by atoms with E-state index in [1.807, 2.05) is 26.0 Å². The number of amides is 1. The number of hydrogen-bond donors (Lipinski definition) is 1. The van der Waals surface area contributed by atoms with Crippen molar-refractivity contribution < 1.29 is 14.3 Å². The summed E-state index contributed by atoms with van der Waals surface area (Å²) in [5.41, 5.74) is 5.31. The molecule has 31 heavy (non-hydrogen) atoms. The molecular formula is C23H20N4O4. The standard InChI is InChI=1S/C23H20N4O4/c1-15-7-8-16(2)27(15)25-22(29)17-9-11-18(12-10-17)31-21(28)13-26-14-24-20-6-4-3-5-19(20)23(26)30/h3-12,14H,13H2,1-2H3,(H,25,29). The van der Waals surface area contributed by atoms with E-state index in [9.17, 15) is 14.4 Å². The van der Waals surface area contributed by atoms with Crippen LogP contribution in [0, 0.1) is 13.8 Å². The number of hydrogen-bond acceptors (Lipinski definition) is 5. The highest BCUT2D eigenvalue weighted by Gasteiger charge is 2.12. The van der Waals surface area contributed by atoms with E-state index in [-0.39, 0.29) is 23.8 Å². The Morgan fingerprint density at radius 2 is 1.65 bits per heavy atom. The quantitative estimate of drug-likeness (QED) is 0.399. The Bertz CT molecular complexity index is 1320. The number of carbonyl (C=O) groups excluding carboxylic acids is 2. The molecule has 0 bridgehead atoms. The summed E-state index contributed by atoms with van der Waals surface area (Å²) < 4.78 is 8.20. The number of benzene rings is 2. The van der Waals surface area contributed by atoms with Gasteiger partial charge >= 0.3 is 5.97 Å². The van der Waals surface area contributed by atoms with E-state index in [0.29, 0.717) is 16.5 Å². The van der Waals surface area contributed by atoms with Gasteiger partial charge in [-0.05, 0) is 62.4 Å². The van der Waals surface area contributed by atoms with Crippen LogP contribution in [-0.2, 0) is 11.3 Å². The number of fused-ring (bicyclic) bond motifs is 1. The van der Waals surface area contributed by atoms with Gasteiger partial charge < -0.3 is 4.74 Å². The normalized spacial score (nSPS) is 10.8. The molecule has 2 aromatic carbocycles. The SMILES string of the molecule is Cc1ccc(C)n1NC(=O)c1ccc(OC(=O)Cn2cnc3ccccc3c2=O)cc1. The Labute approximate surface area is 177 Å². The van der Waals surface area contributed by atoms with Gasteiger partial charge in [0.25, 0.3) is 11.5 Å². The summed E-state index contributed by atoms with van der Waals surface area (Å²) in [7, 11) is 0. The first kappa shape index (κ1) is 20.1. The van der Waals surface area contributed by atoms with E-state index in [1.54, 1.807) is 41.1 Å². The minimum atomic E-state index is -0.616. The molecule has 0 aliphatic heterocycles. The molecule has 0 spiro atoms. The third-order valence-electron chi connectivity index (χ3n) is 4.86. The summed E-state index contributed by atoms with van der Waals surface area (Å²) in [6.07, 6.45) is 1.32. The average molecular weight is 416 g/mol. The molecule has 2 heterocycles. The zero-order valence-corrected chi connectivity index (χ0v) is 17.0. The Morgan fingerprint density at radius 1 is 0.968 bits per heavy atom. The predicted molar refractivity (Wildman–Crippen MR) is 116 cm³/mol. The zero-order chi connectivity index (χ0) is 22.0. The molecule has 0 atom stereocenters. The van der Waals surface area contributed by atoms with Crippen LogP contribution in [0.2, 0.25) is 0 Å². The highest BCUT2D eigenvalue weighted by Crippen LogP contribution is 2.14. The van der Waals surface area contributed by atoms with Crippen molar-refractivity contribution in [2.75, 3.05) is 5.43 Å². The number of esters is 1. The van der Waals surface area contributed by atoms with Crippen molar-refractivity contribution in [1.29, 1.82) is 0 Å². The lowest BCUT2D eigenvalue weighted by molar-refractivity contribution is -0.135. The number of ether oxygens (including phenoxy) is 1. The van der Waals surface area contributed by atoms with Crippen LogP contribution in [0.5, 0.6) is 5.75 Å². The molecule has 0 aliphatic rings. The van der Waals surface area contributed by atoms with Crippen molar-refractivity contribution in [2.45, 2.75) is 20.4 Å². The second-order valence-corrected chi connectivity index (χ2v) is 7.09. The van der Waals surface area contributed by atoms with Crippen molar-refractivity contribution in [1.82, 2.24) is 14.2 Å². The topological polar surface area (TPSA) is 95.2 Å². The van der Waals surface area contributed by atoms with Gasteiger partial charge in [0.05, 0.1) is 17.2 Å². The lowest BCUT2D eigenvalue weighted by Gasteiger charge is -2.11. The van der Waals surface area contributed by atoms with Gasteiger partial charge in [0.2, 0.25) is 0 Å². The van der Waals surface area contributed by atoms with E-state index < -0.39 is 5.97 Å². The Balaban J connectivity index is 1.42. The van der Waals surface area contributed by atoms with Crippen LogP contribution >= 0.6 is 0 Å². The summed E-state index contributed by atoms with van der Waals surface area (Å²) in [5, 5.41) is 0.432. The van der Waals surface area contributed by atoms with Gasteiger partial charge in [-0.1, -0.05) is 12.1 Å². The fourth-order valence-corrected chi connectivity index (χ4v) is 3.21. The van der Waals surface area contributed by atoms with E-state index >= 15 is 0 Å². The Hall–Kier alpha value is -4.20. The lowest BCUT2D eigenvalue weighted by atomic mass is 10.2. The van der Waals surface area contributed by atoms with Gasteiger partial charge in [-0.2, -0.15) is 0 Å². The smallest absolute Gasteiger partial charge is 0.331 e. The Morgan fingerprint density at radius 3 is 2.35 bits per heavy atom. The molecule has 8 nitrogen and oxygen atoms in total. The zero-order valence-electron chi connectivity index (χ0n) is 17.0. The van der Waals surface area contributed by atoms with Crippen molar-refractivity contribution >= 4 is 22.8 Å². The van der Waals surface area contributed by atoms with Crippen LogP contribution in [-0.4, -0.2) is 26.1 Å². The van der Waals surface area contributed by atoms with E-state index in [2.05, 4.69) is 10.4 Å². The molecule has 2 aromatic heterocycles. The minimum absolute atomic E-state index is 0.273. The lowest BCUT2D eigenvalue weighted by Crippen LogP contribution is -2.27.